The summed E-state index contributed by atoms with van der Waals surface area (Å²) >= 11 is 0. The van der Waals surface area contributed by atoms with Crippen LogP contribution in [0.1, 0.15) is 69.0 Å². The van der Waals surface area contributed by atoms with Gasteiger partial charge in [-0.25, -0.2) is 0 Å². The highest BCUT2D eigenvalue weighted by atomic mass is 16.5. The first kappa shape index (κ1) is 15.1. The van der Waals surface area contributed by atoms with Crippen molar-refractivity contribution in [1.82, 2.24) is 5.32 Å². The summed E-state index contributed by atoms with van der Waals surface area (Å²) in [4.78, 5) is 0. The Morgan fingerprint density at radius 2 is 2.10 bits per heavy atom. The van der Waals surface area contributed by atoms with Crippen LogP contribution < -0.4 is 5.32 Å². The first-order chi connectivity index (χ1) is 10.3. The molecule has 0 radical (unpaired) electrons. The number of hydrogen-bond donors (Lipinski definition) is 1. The highest BCUT2D eigenvalue weighted by Gasteiger charge is 2.33. The minimum Gasteiger partial charge on any atom is -0.378 e. The zero-order valence-corrected chi connectivity index (χ0v) is 13.5. The molecule has 1 aliphatic heterocycles. The molecule has 2 nitrogen and oxygen atoms in total. The molecule has 1 saturated carbocycles. The standard InChI is InChI=1S/C19H29NO/c1-3-11-20-19(16-12-14(2)21-13-16)18-10-5-4-9-17(18)15-7-6-8-15/h4-5,9-10,14-16,19-20H,3,6-8,11-13H2,1-2H3. The normalized spacial score (nSPS) is 27.5. The Kier molecular flexibility index (Phi) is 4.97. The third-order valence-corrected chi connectivity index (χ3v) is 5.19. The Bertz CT molecular complexity index is 455. The summed E-state index contributed by atoms with van der Waals surface area (Å²) in [7, 11) is 0. The van der Waals surface area contributed by atoms with Crippen LogP contribution in [0.15, 0.2) is 24.3 Å². The van der Waals surface area contributed by atoms with Gasteiger partial charge in [0.05, 0.1) is 12.7 Å². The summed E-state index contributed by atoms with van der Waals surface area (Å²) in [5.41, 5.74) is 3.13. The molecule has 3 rings (SSSR count). The van der Waals surface area contributed by atoms with Gasteiger partial charge in [0.2, 0.25) is 0 Å². The molecule has 1 aromatic carbocycles. The minimum atomic E-state index is 0.414. The molecule has 0 aromatic heterocycles. The molecule has 116 valence electrons. The molecule has 1 aliphatic carbocycles. The topological polar surface area (TPSA) is 21.3 Å². The van der Waals surface area contributed by atoms with Crippen LogP contribution in [0.5, 0.6) is 0 Å². The molecule has 0 amide bonds. The van der Waals surface area contributed by atoms with Crippen LogP contribution in [0.3, 0.4) is 0 Å². The second kappa shape index (κ2) is 6.93. The summed E-state index contributed by atoms with van der Waals surface area (Å²) in [5, 5.41) is 3.81. The third kappa shape index (κ3) is 3.32. The van der Waals surface area contributed by atoms with E-state index in [1.54, 1.807) is 11.1 Å². The average Bonchev–Trinajstić information content (AvgIpc) is 2.85. The molecule has 0 spiro atoms. The zero-order chi connectivity index (χ0) is 14.7. The predicted molar refractivity (Wildman–Crippen MR) is 87.6 cm³/mol. The maximum absolute atomic E-state index is 5.85. The van der Waals surface area contributed by atoms with E-state index in [1.165, 1.54) is 32.1 Å². The van der Waals surface area contributed by atoms with Crippen molar-refractivity contribution in [3.05, 3.63) is 35.4 Å². The number of hydrogen-bond acceptors (Lipinski definition) is 2. The zero-order valence-electron chi connectivity index (χ0n) is 13.5. The SMILES string of the molecule is CCCNC(c1ccccc1C1CCC1)C1COC(C)C1. The molecular formula is C19H29NO. The molecule has 2 heteroatoms. The average molecular weight is 287 g/mol. The van der Waals surface area contributed by atoms with E-state index in [4.69, 9.17) is 4.74 Å². The van der Waals surface area contributed by atoms with Crippen LogP contribution in [0.25, 0.3) is 0 Å². The summed E-state index contributed by atoms with van der Waals surface area (Å²) < 4.78 is 5.85. The highest BCUT2D eigenvalue weighted by molar-refractivity contribution is 5.35. The lowest BCUT2D eigenvalue weighted by Gasteiger charge is -2.33. The van der Waals surface area contributed by atoms with Crippen molar-refractivity contribution in [2.45, 2.75) is 64.0 Å². The van der Waals surface area contributed by atoms with E-state index in [9.17, 15) is 0 Å². The minimum absolute atomic E-state index is 0.414. The molecule has 1 N–H and O–H groups in total. The molecule has 1 aromatic rings. The van der Waals surface area contributed by atoms with Gasteiger partial charge in [-0.05, 0) is 56.2 Å². The van der Waals surface area contributed by atoms with E-state index in [1.807, 2.05) is 0 Å². The van der Waals surface area contributed by atoms with Crippen LogP contribution >= 0.6 is 0 Å². The summed E-state index contributed by atoms with van der Waals surface area (Å²) in [5.74, 6) is 1.42. The van der Waals surface area contributed by atoms with Gasteiger partial charge in [0.25, 0.3) is 0 Å². The molecule has 3 atom stereocenters. The van der Waals surface area contributed by atoms with Crippen LogP contribution in [0.4, 0.5) is 0 Å². The van der Waals surface area contributed by atoms with Crippen LogP contribution in [0.2, 0.25) is 0 Å². The summed E-state index contributed by atoms with van der Waals surface area (Å²) in [6, 6.07) is 9.59. The van der Waals surface area contributed by atoms with E-state index in [0.29, 0.717) is 18.1 Å². The monoisotopic (exact) mass is 287 g/mol. The quantitative estimate of drug-likeness (QED) is 0.836. The lowest BCUT2D eigenvalue weighted by atomic mass is 9.75. The van der Waals surface area contributed by atoms with Crippen molar-refractivity contribution in [2.75, 3.05) is 13.2 Å². The molecule has 2 aliphatic rings. The van der Waals surface area contributed by atoms with Gasteiger partial charge < -0.3 is 10.1 Å². The Labute approximate surface area is 129 Å². The van der Waals surface area contributed by atoms with Crippen LogP contribution in [-0.2, 0) is 4.74 Å². The largest absolute Gasteiger partial charge is 0.378 e. The molecule has 2 fully saturated rings. The Morgan fingerprint density at radius 3 is 2.71 bits per heavy atom. The maximum Gasteiger partial charge on any atom is 0.0551 e. The van der Waals surface area contributed by atoms with Gasteiger partial charge in [0.15, 0.2) is 0 Å². The Hall–Kier alpha value is -0.860. The van der Waals surface area contributed by atoms with Gasteiger partial charge >= 0.3 is 0 Å². The van der Waals surface area contributed by atoms with E-state index in [2.05, 4.69) is 43.4 Å². The first-order valence-electron chi connectivity index (χ1n) is 8.73. The number of rotatable bonds is 6. The third-order valence-electron chi connectivity index (χ3n) is 5.19. The maximum atomic E-state index is 5.85. The summed E-state index contributed by atoms with van der Waals surface area (Å²) in [6.07, 6.45) is 6.92. The van der Waals surface area contributed by atoms with Gasteiger partial charge in [-0.2, -0.15) is 0 Å². The van der Waals surface area contributed by atoms with Crippen molar-refractivity contribution >= 4 is 0 Å². The van der Waals surface area contributed by atoms with E-state index < -0.39 is 0 Å². The van der Waals surface area contributed by atoms with Crippen molar-refractivity contribution < 1.29 is 4.74 Å². The lowest BCUT2D eigenvalue weighted by molar-refractivity contribution is 0.116. The molecule has 3 unspecified atom stereocenters. The highest BCUT2D eigenvalue weighted by Crippen LogP contribution is 2.42. The lowest BCUT2D eigenvalue weighted by Crippen LogP contribution is -2.31. The Morgan fingerprint density at radius 1 is 1.29 bits per heavy atom. The van der Waals surface area contributed by atoms with Crippen molar-refractivity contribution in [3.8, 4) is 0 Å². The van der Waals surface area contributed by atoms with Crippen molar-refractivity contribution in [2.24, 2.45) is 5.92 Å². The van der Waals surface area contributed by atoms with Gasteiger partial charge in [0.1, 0.15) is 0 Å². The smallest absolute Gasteiger partial charge is 0.0551 e. The summed E-state index contributed by atoms with van der Waals surface area (Å²) in [6.45, 7) is 6.44. The van der Waals surface area contributed by atoms with Crippen LogP contribution in [0, 0.1) is 5.92 Å². The van der Waals surface area contributed by atoms with Crippen LogP contribution in [-0.4, -0.2) is 19.3 Å². The number of nitrogens with one attached hydrogen (secondary N) is 1. The van der Waals surface area contributed by atoms with E-state index >= 15 is 0 Å². The molecule has 21 heavy (non-hydrogen) atoms. The van der Waals surface area contributed by atoms with Crippen molar-refractivity contribution in [1.29, 1.82) is 0 Å². The Balaban J connectivity index is 1.84. The number of benzene rings is 1. The van der Waals surface area contributed by atoms with Gasteiger partial charge in [-0.3, -0.25) is 0 Å². The van der Waals surface area contributed by atoms with E-state index in [0.717, 1.165) is 19.1 Å². The van der Waals surface area contributed by atoms with Crippen molar-refractivity contribution in [3.63, 3.8) is 0 Å². The number of ether oxygens (including phenoxy) is 1. The second-order valence-electron chi connectivity index (χ2n) is 6.83. The predicted octanol–water partition coefficient (Wildman–Crippen LogP) is 4.42. The fraction of sp³-hybridized carbons (Fsp3) is 0.684. The molecular weight excluding hydrogens is 258 g/mol. The van der Waals surface area contributed by atoms with Gasteiger partial charge in [0, 0.05) is 12.0 Å². The molecule has 1 heterocycles. The molecule has 1 saturated heterocycles. The fourth-order valence-corrected chi connectivity index (χ4v) is 3.80. The molecule has 0 bridgehead atoms. The van der Waals surface area contributed by atoms with Gasteiger partial charge in [-0.1, -0.05) is 37.6 Å². The first-order valence-corrected chi connectivity index (χ1v) is 8.73. The van der Waals surface area contributed by atoms with E-state index in [-0.39, 0.29) is 0 Å². The van der Waals surface area contributed by atoms with Gasteiger partial charge in [-0.15, -0.1) is 0 Å². The fourth-order valence-electron chi connectivity index (χ4n) is 3.80. The second-order valence-corrected chi connectivity index (χ2v) is 6.83.